The molecule has 104 valence electrons. The molecule has 4 heteroatoms. The van der Waals surface area contributed by atoms with E-state index in [1.807, 2.05) is 30.3 Å². The Hall–Kier alpha value is -1.42. The van der Waals surface area contributed by atoms with E-state index >= 15 is 0 Å². The molecule has 1 amide bonds. The Kier molecular flexibility index (Phi) is 4.91. The number of carbonyl (C=O) groups excluding carboxylic acids is 1. The molecule has 1 aromatic rings. The molecule has 0 spiro atoms. The van der Waals surface area contributed by atoms with E-state index in [1.54, 1.807) is 12.0 Å². The first kappa shape index (κ1) is 14.0. The van der Waals surface area contributed by atoms with E-state index in [1.165, 1.54) is 5.56 Å². The summed E-state index contributed by atoms with van der Waals surface area (Å²) in [6.07, 6.45) is 1.33. The van der Waals surface area contributed by atoms with Gasteiger partial charge in [-0.15, -0.1) is 0 Å². The number of benzene rings is 1. The Labute approximate surface area is 113 Å². The van der Waals surface area contributed by atoms with Gasteiger partial charge < -0.3 is 9.64 Å². The van der Waals surface area contributed by atoms with Crippen LogP contribution in [-0.2, 0) is 16.1 Å². The fraction of sp³-hybridized carbons (Fsp3) is 0.533. The Morgan fingerprint density at radius 3 is 2.74 bits per heavy atom. The summed E-state index contributed by atoms with van der Waals surface area (Å²) in [5.74, 6) is 0.144. The highest BCUT2D eigenvalue weighted by molar-refractivity contribution is 5.79. The Morgan fingerprint density at radius 2 is 2.11 bits per heavy atom. The summed E-state index contributed by atoms with van der Waals surface area (Å²) in [7, 11) is 1.70. The summed E-state index contributed by atoms with van der Waals surface area (Å²) in [5.41, 5.74) is 1.22. The van der Waals surface area contributed by atoms with Gasteiger partial charge in [-0.05, 0) is 12.0 Å². The molecule has 2 aliphatic heterocycles. The maximum absolute atomic E-state index is 12.6. The topological polar surface area (TPSA) is 29.5 Å². The van der Waals surface area contributed by atoms with Crippen LogP contribution in [0.5, 0.6) is 0 Å². The Morgan fingerprint density at radius 1 is 1.37 bits per heavy atom. The first-order valence-electron chi connectivity index (χ1n) is 6.67. The quantitative estimate of drug-likeness (QED) is 0.822. The third-order valence-corrected chi connectivity index (χ3v) is 3.53. The van der Waals surface area contributed by atoms with Gasteiger partial charge in [-0.1, -0.05) is 30.3 Å². The highest BCUT2D eigenvalue weighted by Crippen LogP contribution is 2.29. The lowest BCUT2D eigenvalue weighted by atomic mass is 10.1. The molecule has 2 aliphatic rings. The van der Waals surface area contributed by atoms with Crippen molar-refractivity contribution in [2.75, 3.05) is 13.7 Å². The molecule has 0 N–H and O–H groups in total. The van der Waals surface area contributed by atoms with Crippen LogP contribution in [-0.4, -0.2) is 36.7 Å². The van der Waals surface area contributed by atoms with Gasteiger partial charge in [-0.2, -0.15) is 0 Å². The fourth-order valence-electron chi connectivity index (χ4n) is 2.61. The zero-order chi connectivity index (χ0) is 13.7. The second-order valence-electron chi connectivity index (χ2n) is 4.99. The predicted octanol–water partition coefficient (Wildman–Crippen LogP) is 2.55. The number of alkyl halides is 1. The van der Waals surface area contributed by atoms with Crippen LogP contribution >= 0.6 is 0 Å². The number of amides is 1. The summed E-state index contributed by atoms with van der Waals surface area (Å²) in [6, 6.07) is 10.3. The van der Waals surface area contributed by atoms with Gasteiger partial charge in [0.2, 0.25) is 5.91 Å². The average Bonchev–Trinajstić information content (AvgIpc) is 2.94. The standard InChI is InChI=1S/C8H10O.C7H10FNO/c1-9-7-8-5-3-2-4-6-8;8-5-3-6-1-2-7(10)9(6)4-5/h2-6H,7H2,1H3;5-6H,1-4H2/t;5-,6?/m.0/s1. The summed E-state index contributed by atoms with van der Waals surface area (Å²) < 4.78 is 17.6. The minimum atomic E-state index is -0.755. The van der Waals surface area contributed by atoms with Crippen LogP contribution in [0.3, 0.4) is 0 Å². The largest absolute Gasteiger partial charge is 0.380 e. The molecule has 0 bridgehead atoms. The van der Waals surface area contributed by atoms with Crippen molar-refractivity contribution in [2.45, 2.75) is 38.1 Å². The SMILES string of the molecule is COCc1ccccc1.O=C1CCC2C[C@H](F)CN12. The van der Waals surface area contributed by atoms with Crippen molar-refractivity contribution in [2.24, 2.45) is 0 Å². The number of hydrogen-bond donors (Lipinski definition) is 0. The van der Waals surface area contributed by atoms with Crippen molar-refractivity contribution in [3.05, 3.63) is 35.9 Å². The minimum absolute atomic E-state index is 0.144. The third kappa shape index (κ3) is 3.77. The number of fused-ring (bicyclic) bond motifs is 1. The second-order valence-corrected chi connectivity index (χ2v) is 4.99. The van der Waals surface area contributed by atoms with Crippen LogP contribution in [0.1, 0.15) is 24.8 Å². The molecule has 3 rings (SSSR count). The summed E-state index contributed by atoms with van der Waals surface area (Å²) in [4.78, 5) is 12.6. The van der Waals surface area contributed by atoms with Gasteiger partial charge in [-0.25, -0.2) is 4.39 Å². The molecule has 3 nitrogen and oxygen atoms in total. The van der Waals surface area contributed by atoms with Gasteiger partial charge in [0.1, 0.15) is 6.17 Å². The van der Waals surface area contributed by atoms with Crippen molar-refractivity contribution < 1.29 is 13.9 Å². The zero-order valence-corrected chi connectivity index (χ0v) is 11.2. The molecule has 0 saturated carbocycles. The highest BCUT2D eigenvalue weighted by atomic mass is 19.1. The van der Waals surface area contributed by atoms with Crippen molar-refractivity contribution in [3.8, 4) is 0 Å². The fourth-order valence-corrected chi connectivity index (χ4v) is 2.61. The second kappa shape index (κ2) is 6.66. The maximum atomic E-state index is 12.6. The van der Waals surface area contributed by atoms with Crippen molar-refractivity contribution in [1.29, 1.82) is 0 Å². The van der Waals surface area contributed by atoms with E-state index in [9.17, 15) is 9.18 Å². The number of nitrogens with zero attached hydrogens (tertiary/aromatic N) is 1. The molecule has 1 aromatic carbocycles. The average molecular weight is 265 g/mol. The van der Waals surface area contributed by atoms with Gasteiger partial charge in [0.05, 0.1) is 13.2 Å². The van der Waals surface area contributed by atoms with Crippen LogP contribution in [0.25, 0.3) is 0 Å². The molecule has 0 radical (unpaired) electrons. The third-order valence-electron chi connectivity index (χ3n) is 3.53. The summed E-state index contributed by atoms with van der Waals surface area (Å²) >= 11 is 0. The molecule has 1 unspecified atom stereocenters. The van der Waals surface area contributed by atoms with E-state index in [0.717, 1.165) is 6.42 Å². The van der Waals surface area contributed by atoms with Gasteiger partial charge in [0.25, 0.3) is 0 Å². The molecule has 2 atom stereocenters. The van der Waals surface area contributed by atoms with Gasteiger partial charge in [0, 0.05) is 26.0 Å². The smallest absolute Gasteiger partial charge is 0.222 e. The van der Waals surface area contributed by atoms with Gasteiger partial charge in [0.15, 0.2) is 0 Å². The normalized spacial score (nSPS) is 24.9. The van der Waals surface area contributed by atoms with E-state index in [-0.39, 0.29) is 11.9 Å². The monoisotopic (exact) mass is 265 g/mol. The lowest BCUT2D eigenvalue weighted by Crippen LogP contribution is -2.27. The van der Waals surface area contributed by atoms with Gasteiger partial charge >= 0.3 is 0 Å². The number of ether oxygens (including phenoxy) is 1. The summed E-state index contributed by atoms with van der Waals surface area (Å²) in [6.45, 7) is 1.06. The zero-order valence-electron chi connectivity index (χ0n) is 11.2. The van der Waals surface area contributed by atoms with Crippen LogP contribution in [0.2, 0.25) is 0 Å². The number of halogens is 1. The first-order valence-corrected chi connectivity index (χ1v) is 6.67. The number of carbonyl (C=O) groups is 1. The molecular formula is C15H20FNO2. The Balaban J connectivity index is 0.000000141. The summed E-state index contributed by atoms with van der Waals surface area (Å²) in [5, 5.41) is 0. The molecule has 0 aromatic heterocycles. The van der Waals surface area contributed by atoms with E-state index in [0.29, 0.717) is 26.0 Å². The van der Waals surface area contributed by atoms with E-state index < -0.39 is 6.17 Å². The minimum Gasteiger partial charge on any atom is -0.380 e. The number of rotatable bonds is 2. The van der Waals surface area contributed by atoms with E-state index in [4.69, 9.17) is 4.74 Å². The number of hydrogen-bond acceptors (Lipinski definition) is 2. The van der Waals surface area contributed by atoms with Crippen molar-refractivity contribution in [3.63, 3.8) is 0 Å². The molecule has 2 heterocycles. The first-order chi connectivity index (χ1) is 9.20. The molecule has 2 saturated heterocycles. The van der Waals surface area contributed by atoms with Crippen LogP contribution in [0.15, 0.2) is 30.3 Å². The molecule has 19 heavy (non-hydrogen) atoms. The lowest BCUT2D eigenvalue weighted by Gasteiger charge is -2.12. The van der Waals surface area contributed by atoms with E-state index in [2.05, 4.69) is 0 Å². The van der Waals surface area contributed by atoms with Crippen LogP contribution in [0, 0.1) is 0 Å². The lowest BCUT2D eigenvalue weighted by molar-refractivity contribution is -0.128. The predicted molar refractivity (Wildman–Crippen MR) is 71.4 cm³/mol. The van der Waals surface area contributed by atoms with Crippen molar-refractivity contribution >= 4 is 5.91 Å². The Bertz CT molecular complexity index is 410. The van der Waals surface area contributed by atoms with Gasteiger partial charge in [-0.3, -0.25) is 4.79 Å². The maximum Gasteiger partial charge on any atom is 0.222 e. The van der Waals surface area contributed by atoms with Crippen molar-refractivity contribution in [1.82, 2.24) is 4.90 Å². The highest BCUT2D eigenvalue weighted by Gasteiger charge is 2.39. The van der Waals surface area contributed by atoms with Crippen LogP contribution < -0.4 is 0 Å². The molecule has 2 fully saturated rings. The molecular weight excluding hydrogens is 245 g/mol. The van der Waals surface area contributed by atoms with Crippen LogP contribution in [0.4, 0.5) is 4.39 Å². The number of methoxy groups -OCH3 is 1. The molecule has 0 aliphatic carbocycles.